The molecule has 0 radical (unpaired) electrons. The van der Waals surface area contributed by atoms with E-state index in [2.05, 4.69) is 26.9 Å². The standard InChI is InChI=1S/C9H13N3OS/c1-13-5-4-12-7-10-11-9(12)8-3-2-6-14-8/h2-3,6,10H,4-5,7H2,1H3. The normalized spacial score (nSPS) is 15.5. The van der Waals surface area contributed by atoms with E-state index in [1.165, 1.54) is 4.88 Å². The number of thiophene rings is 1. The van der Waals surface area contributed by atoms with E-state index in [4.69, 9.17) is 4.74 Å². The highest BCUT2D eigenvalue weighted by molar-refractivity contribution is 7.12. The molecule has 0 amide bonds. The van der Waals surface area contributed by atoms with Crippen LogP contribution in [0.1, 0.15) is 4.88 Å². The van der Waals surface area contributed by atoms with Gasteiger partial charge in [-0.2, -0.15) is 5.10 Å². The Morgan fingerprint density at radius 2 is 2.64 bits per heavy atom. The molecule has 0 fully saturated rings. The first-order valence-corrected chi connectivity index (χ1v) is 5.38. The van der Waals surface area contributed by atoms with Gasteiger partial charge in [-0.1, -0.05) is 6.07 Å². The molecule has 0 aliphatic carbocycles. The monoisotopic (exact) mass is 211 g/mol. The van der Waals surface area contributed by atoms with Gasteiger partial charge in [0, 0.05) is 13.7 Å². The van der Waals surface area contributed by atoms with Crippen LogP contribution in [0.2, 0.25) is 0 Å². The fourth-order valence-electron chi connectivity index (χ4n) is 1.34. The van der Waals surface area contributed by atoms with Gasteiger partial charge in [-0.25, -0.2) is 0 Å². The van der Waals surface area contributed by atoms with Gasteiger partial charge in [0.25, 0.3) is 0 Å². The van der Waals surface area contributed by atoms with Crippen molar-refractivity contribution in [3.63, 3.8) is 0 Å². The van der Waals surface area contributed by atoms with Crippen LogP contribution in [0.3, 0.4) is 0 Å². The number of nitrogens with zero attached hydrogens (tertiary/aromatic N) is 2. The lowest BCUT2D eigenvalue weighted by Crippen LogP contribution is -2.32. The first-order chi connectivity index (χ1) is 6.92. The fraction of sp³-hybridized carbons (Fsp3) is 0.444. The van der Waals surface area contributed by atoms with Crippen LogP contribution >= 0.6 is 11.3 Å². The Balaban J connectivity index is 2.03. The van der Waals surface area contributed by atoms with Gasteiger partial charge >= 0.3 is 0 Å². The van der Waals surface area contributed by atoms with Crippen molar-refractivity contribution in [2.45, 2.75) is 0 Å². The molecule has 5 heteroatoms. The fourth-order valence-corrected chi connectivity index (χ4v) is 2.09. The molecule has 2 heterocycles. The van der Waals surface area contributed by atoms with Crippen LogP contribution in [-0.4, -0.2) is 37.7 Å². The highest BCUT2D eigenvalue weighted by atomic mass is 32.1. The van der Waals surface area contributed by atoms with Crippen molar-refractivity contribution in [3.05, 3.63) is 22.4 Å². The Hall–Kier alpha value is -1.07. The van der Waals surface area contributed by atoms with E-state index in [-0.39, 0.29) is 0 Å². The van der Waals surface area contributed by atoms with E-state index in [1.807, 2.05) is 6.07 Å². The largest absolute Gasteiger partial charge is 0.383 e. The number of methoxy groups -OCH3 is 1. The van der Waals surface area contributed by atoms with Gasteiger partial charge in [0.05, 0.1) is 11.5 Å². The van der Waals surface area contributed by atoms with Gasteiger partial charge in [0.15, 0.2) is 5.84 Å². The number of hydrogen-bond acceptors (Lipinski definition) is 5. The van der Waals surface area contributed by atoms with Crippen molar-refractivity contribution in [2.24, 2.45) is 5.10 Å². The first-order valence-electron chi connectivity index (χ1n) is 4.50. The smallest absolute Gasteiger partial charge is 0.167 e. The summed E-state index contributed by atoms with van der Waals surface area (Å²) in [5.41, 5.74) is 2.98. The molecule has 76 valence electrons. The lowest BCUT2D eigenvalue weighted by atomic mass is 10.4. The summed E-state index contributed by atoms with van der Waals surface area (Å²) in [6.45, 7) is 2.38. The van der Waals surface area contributed by atoms with Gasteiger partial charge in [-0.15, -0.1) is 11.3 Å². The van der Waals surface area contributed by atoms with Crippen molar-refractivity contribution in [2.75, 3.05) is 26.9 Å². The van der Waals surface area contributed by atoms with E-state index in [9.17, 15) is 0 Å². The van der Waals surface area contributed by atoms with Gasteiger partial charge in [-0.3, -0.25) is 5.43 Å². The van der Waals surface area contributed by atoms with Crippen LogP contribution in [-0.2, 0) is 4.74 Å². The Morgan fingerprint density at radius 1 is 1.71 bits per heavy atom. The number of amidine groups is 1. The number of rotatable bonds is 4. The number of hydrazone groups is 1. The molecule has 0 aromatic carbocycles. The average Bonchev–Trinajstić information content (AvgIpc) is 2.84. The zero-order chi connectivity index (χ0) is 9.80. The Morgan fingerprint density at radius 3 is 3.36 bits per heavy atom. The van der Waals surface area contributed by atoms with Crippen LogP contribution in [0.25, 0.3) is 0 Å². The molecule has 1 N–H and O–H groups in total. The molecule has 1 aromatic rings. The molecule has 2 rings (SSSR count). The van der Waals surface area contributed by atoms with Crippen LogP contribution in [0, 0.1) is 0 Å². The summed E-state index contributed by atoms with van der Waals surface area (Å²) in [5, 5.41) is 6.32. The average molecular weight is 211 g/mol. The second kappa shape index (κ2) is 4.43. The zero-order valence-electron chi connectivity index (χ0n) is 8.06. The maximum atomic E-state index is 5.05. The molecule has 1 aliphatic rings. The second-order valence-corrected chi connectivity index (χ2v) is 3.93. The minimum atomic E-state index is 0.728. The Bertz CT molecular complexity index is 310. The lowest BCUT2D eigenvalue weighted by Gasteiger charge is -2.17. The SMILES string of the molecule is COCCN1CNN=C1c1cccs1. The predicted molar refractivity (Wildman–Crippen MR) is 57.4 cm³/mol. The van der Waals surface area contributed by atoms with E-state index in [0.717, 1.165) is 25.7 Å². The van der Waals surface area contributed by atoms with Crippen molar-refractivity contribution >= 4 is 17.2 Å². The highest BCUT2D eigenvalue weighted by Gasteiger charge is 2.18. The van der Waals surface area contributed by atoms with Gasteiger partial charge in [-0.05, 0) is 11.4 Å². The zero-order valence-corrected chi connectivity index (χ0v) is 8.88. The lowest BCUT2D eigenvalue weighted by molar-refractivity contribution is 0.177. The van der Waals surface area contributed by atoms with Gasteiger partial charge in [0.2, 0.25) is 0 Å². The quantitative estimate of drug-likeness (QED) is 0.804. The van der Waals surface area contributed by atoms with Crippen LogP contribution in [0.5, 0.6) is 0 Å². The Kier molecular flexibility index (Phi) is 3.00. The highest BCUT2D eigenvalue weighted by Crippen LogP contribution is 2.14. The summed E-state index contributed by atoms with van der Waals surface area (Å²) in [6.07, 6.45) is 0. The number of nitrogens with one attached hydrogen (secondary N) is 1. The van der Waals surface area contributed by atoms with Crippen molar-refractivity contribution in [1.82, 2.24) is 10.3 Å². The summed E-state index contributed by atoms with van der Waals surface area (Å²) in [6, 6.07) is 4.12. The topological polar surface area (TPSA) is 36.9 Å². The minimum absolute atomic E-state index is 0.728. The van der Waals surface area contributed by atoms with Crippen molar-refractivity contribution < 1.29 is 4.74 Å². The second-order valence-electron chi connectivity index (χ2n) is 2.99. The molecule has 0 atom stereocenters. The van der Waals surface area contributed by atoms with Crippen molar-refractivity contribution in [1.29, 1.82) is 0 Å². The maximum absolute atomic E-state index is 5.05. The van der Waals surface area contributed by atoms with Gasteiger partial charge in [0.1, 0.15) is 6.67 Å². The summed E-state index contributed by atoms with van der Waals surface area (Å²) < 4.78 is 5.05. The molecule has 14 heavy (non-hydrogen) atoms. The minimum Gasteiger partial charge on any atom is -0.383 e. The summed E-state index contributed by atoms with van der Waals surface area (Å²) in [4.78, 5) is 3.38. The molecule has 0 saturated carbocycles. The molecular weight excluding hydrogens is 198 g/mol. The van der Waals surface area contributed by atoms with Crippen LogP contribution in [0.4, 0.5) is 0 Å². The van der Waals surface area contributed by atoms with E-state index >= 15 is 0 Å². The molecule has 0 bridgehead atoms. The third-order valence-corrected chi connectivity index (χ3v) is 2.92. The van der Waals surface area contributed by atoms with E-state index < -0.39 is 0 Å². The molecular formula is C9H13N3OS. The molecule has 0 spiro atoms. The third-order valence-electron chi connectivity index (χ3n) is 2.05. The number of ether oxygens (including phenoxy) is 1. The molecule has 1 aliphatic heterocycles. The molecule has 0 unspecified atom stereocenters. The van der Waals surface area contributed by atoms with Crippen LogP contribution in [0.15, 0.2) is 22.6 Å². The van der Waals surface area contributed by atoms with E-state index in [1.54, 1.807) is 18.4 Å². The predicted octanol–water partition coefficient (Wildman–Crippen LogP) is 0.919. The van der Waals surface area contributed by atoms with Crippen LogP contribution < -0.4 is 5.43 Å². The first kappa shape index (κ1) is 9.48. The van der Waals surface area contributed by atoms with Crippen molar-refractivity contribution in [3.8, 4) is 0 Å². The maximum Gasteiger partial charge on any atom is 0.167 e. The summed E-state index contributed by atoms with van der Waals surface area (Å²) in [7, 11) is 1.71. The molecule has 0 saturated heterocycles. The Labute approximate surface area is 87.2 Å². The summed E-state index contributed by atoms with van der Waals surface area (Å²) in [5.74, 6) is 1.03. The molecule has 1 aromatic heterocycles. The van der Waals surface area contributed by atoms with E-state index in [0.29, 0.717) is 0 Å². The number of hydrogen-bond donors (Lipinski definition) is 1. The van der Waals surface area contributed by atoms with Gasteiger partial charge < -0.3 is 9.64 Å². The third kappa shape index (κ3) is 1.88. The molecule has 4 nitrogen and oxygen atoms in total. The summed E-state index contributed by atoms with van der Waals surface area (Å²) >= 11 is 1.70.